The van der Waals surface area contributed by atoms with Crippen LogP contribution < -0.4 is 5.32 Å². The van der Waals surface area contributed by atoms with Gasteiger partial charge in [-0.25, -0.2) is 0 Å². The molecule has 1 amide bonds. The zero-order valence-electron chi connectivity index (χ0n) is 52.9. The van der Waals surface area contributed by atoms with Crippen molar-refractivity contribution in [1.29, 1.82) is 0 Å². The van der Waals surface area contributed by atoms with Gasteiger partial charge < -0.3 is 20.3 Å². The molecule has 2 atom stereocenters. The fourth-order valence-electron chi connectivity index (χ4n) is 11.3. The van der Waals surface area contributed by atoms with E-state index in [2.05, 4.69) is 43.5 Å². The van der Waals surface area contributed by atoms with Crippen LogP contribution in [0.1, 0.15) is 399 Å². The Balaban J connectivity index is 3.37. The minimum atomic E-state index is -0.663. The second kappa shape index (κ2) is 67.8. The van der Waals surface area contributed by atoms with E-state index in [-0.39, 0.29) is 18.5 Å². The molecule has 0 saturated carbocycles. The number of hydrogen-bond donors (Lipinski definition) is 3. The molecule has 2 unspecified atom stereocenters. The standard InChI is InChI=1S/C72H139NO5/c1-3-5-7-9-11-13-15-17-18-38-41-44-48-52-56-60-64-70(75)69(68-74)73-71(76)65-61-57-53-49-45-42-39-36-34-32-30-28-26-24-22-20-19-21-23-25-27-29-31-33-35-37-40-43-47-51-55-59-63-67-78-72(77)66-62-58-54-50-46-16-14-12-10-8-6-4-2/h23,25,29,31,69-70,74-75H,3-22,24,26-28,30,32-68H2,1-2H3,(H,73,76)/b25-23-,31-29-. The number of esters is 1. The predicted molar refractivity (Wildman–Crippen MR) is 343 cm³/mol. The lowest BCUT2D eigenvalue weighted by atomic mass is 10.0. The molecule has 0 bridgehead atoms. The predicted octanol–water partition coefficient (Wildman–Crippen LogP) is 22.9. The Hall–Kier alpha value is -1.66. The molecule has 3 N–H and O–H groups in total. The number of ether oxygens (including phenoxy) is 1. The Morgan fingerprint density at radius 1 is 0.359 bits per heavy atom. The van der Waals surface area contributed by atoms with E-state index in [9.17, 15) is 19.8 Å². The molecule has 6 nitrogen and oxygen atoms in total. The highest BCUT2D eigenvalue weighted by molar-refractivity contribution is 5.76. The van der Waals surface area contributed by atoms with Gasteiger partial charge in [0, 0.05) is 12.8 Å². The molecule has 0 spiro atoms. The zero-order valence-corrected chi connectivity index (χ0v) is 52.9. The summed E-state index contributed by atoms with van der Waals surface area (Å²) in [6, 6.07) is -0.540. The third-order valence-corrected chi connectivity index (χ3v) is 16.8. The summed E-state index contributed by atoms with van der Waals surface area (Å²) >= 11 is 0. The van der Waals surface area contributed by atoms with Gasteiger partial charge in [0.2, 0.25) is 5.91 Å². The summed E-state index contributed by atoms with van der Waals surface area (Å²) in [5, 5.41) is 23.4. The first-order valence-corrected chi connectivity index (χ1v) is 35.6. The number of carbonyl (C=O) groups is 2. The van der Waals surface area contributed by atoms with E-state index < -0.39 is 12.1 Å². The van der Waals surface area contributed by atoms with Crippen LogP contribution in [0.25, 0.3) is 0 Å². The van der Waals surface area contributed by atoms with Crippen LogP contribution in [0.2, 0.25) is 0 Å². The number of hydrogen-bond acceptors (Lipinski definition) is 5. The van der Waals surface area contributed by atoms with Gasteiger partial charge in [0.05, 0.1) is 25.4 Å². The average molecular weight is 1100 g/mol. The highest BCUT2D eigenvalue weighted by Crippen LogP contribution is 2.19. The molecule has 0 aliphatic heterocycles. The van der Waals surface area contributed by atoms with Crippen molar-refractivity contribution in [3.05, 3.63) is 24.3 Å². The third kappa shape index (κ3) is 63.5. The van der Waals surface area contributed by atoms with E-state index in [1.165, 1.54) is 321 Å². The minimum Gasteiger partial charge on any atom is -0.466 e. The number of aliphatic hydroxyl groups excluding tert-OH is 2. The van der Waals surface area contributed by atoms with Crippen LogP contribution >= 0.6 is 0 Å². The van der Waals surface area contributed by atoms with Crippen molar-refractivity contribution in [1.82, 2.24) is 5.32 Å². The molecule has 0 aromatic heterocycles. The maximum absolute atomic E-state index is 12.5. The monoisotopic (exact) mass is 1100 g/mol. The van der Waals surface area contributed by atoms with Crippen LogP contribution in [0.5, 0.6) is 0 Å². The maximum atomic E-state index is 12.5. The number of amides is 1. The minimum absolute atomic E-state index is 0.0155. The second-order valence-electron chi connectivity index (χ2n) is 24.6. The summed E-state index contributed by atoms with van der Waals surface area (Å²) in [4.78, 5) is 24.5. The van der Waals surface area contributed by atoms with Crippen molar-refractivity contribution in [3.8, 4) is 0 Å². The molecule has 0 aromatic carbocycles. The topological polar surface area (TPSA) is 95.9 Å². The van der Waals surface area contributed by atoms with E-state index in [1.54, 1.807) is 0 Å². The number of aliphatic hydroxyl groups is 2. The second-order valence-corrected chi connectivity index (χ2v) is 24.6. The fourth-order valence-corrected chi connectivity index (χ4v) is 11.3. The number of nitrogens with one attached hydrogen (secondary N) is 1. The number of rotatable bonds is 67. The largest absolute Gasteiger partial charge is 0.466 e. The first kappa shape index (κ1) is 76.3. The summed E-state index contributed by atoms with van der Waals surface area (Å²) in [5.74, 6) is -0.0143. The lowest BCUT2D eigenvalue weighted by Gasteiger charge is -2.22. The van der Waals surface area contributed by atoms with Gasteiger partial charge in [-0.05, 0) is 57.8 Å². The van der Waals surface area contributed by atoms with Gasteiger partial charge in [-0.3, -0.25) is 9.59 Å². The van der Waals surface area contributed by atoms with Gasteiger partial charge in [-0.2, -0.15) is 0 Å². The molecule has 462 valence electrons. The molecular formula is C72H139NO5. The smallest absolute Gasteiger partial charge is 0.305 e. The van der Waals surface area contributed by atoms with Crippen LogP contribution in [0.4, 0.5) is 0 Å². The first-order chi connectivity index (χ1) is 38.5. The molecule has 0 fully saturated rings. The quantitative estimate of drug-likeness (QED) is 0.0320. The van der Waals surface area contributed by atoms with Crippen molar-refractivity contribution >= 4 is 11.9 Å². The summed E-state index contributed by atoms with van der Waals surface area (Å²) in [6.45, 7) is 4.98. The normalized spacial score (nSPS) is 12.6. The van der Waals surface area contributed by atoms with Gasteiger partial charge in [0.25, 0.3) is 0 Å². The number of allylic oxidation sites excluding steroid dienone is 4. The fraction of sp³-hybridized carbons (Fsp3) is 0.917. The highest BCUT2D eigenvalue weighted by atomic mass is 16.5. The van der Waals surface area contributed by atoms with Gasteiger partial charge in [0.1, 0.15) is 0 Å². The lowest BCUT2D eigenvalue weighted by molar-refractivity contribution is -0.143. The Morgan fingerprint density at radius 2 is 0.641 bits per heavy atom. The molecule has 0 aromatic rings. The Kier molecular flexibility index (Phi) is 66.4. The van der Waals surface area contributed by atoms with E-state index >= 15 is 0 Å². The van der Waals surface area contributed by atoms with Crippen LogP contribution in [0.3, 0.4) is 0 Å². The molecule has 0 aliphatic rings. The Bertz CT molecular complexity index is 1220. The van der Waals surface area contributed by atoms with Crippen molar-refractivity contribution < 1.29 is 24.5 Å². The van der Waals surface area contributed by atoms with Gasteiger partial charge in [-0.15, -0.1) is 0 Å². The van der Waals surface area contributed by atoms with Crippen molar-refractivity contribution in [3.63, 3.8) is 0 Å². The van der Waals surface area contributed by atoms with E-state index in [0.29, 0.717) is 25.9 Å². The van der Waals surface area contributed by atoms with Crippen LogP contribution in [-0.2, 0) is 14.3 Å². The van der Waals surface area contributed by atoms with E-state index in [1.807, 2.05) is 0 Å². The van der Waals surface area contributed by atoms with Crippen LogP contribution in [0.15, 0.2) is 24.3 Å². The van der Waals surface area contributed by atoms with E-state index in [4.69, 9.17) is 4.74 Å². The SMILES string of the molecule is CCCCCCCCCCCCCCCCCCC(O)C(CO)NC(=O)CCCCCCCCCCCCCCCCCCC/C=C\C/C=C\CCCCCCCCCCCOC(=O)CCCCCCCCCCCCCC. The molecule has 78 heavy (non-hydrogen) atoms. The zero-order chi connectivity index (χ0) is 56.4. The average Bonchev–Trinajstić information content (AvgIpc) is 3.44. The summed E-state index contributed by atoms with van der Waals surface area (Å²) < 4.78 is 5.48. The number of unbranched alkanes of at least 4 members (excludes halogenated alkanes) is 52. The molecule has 0 aliphatic carbocycles. The lowest BCUT2D eigenvalue weighted by Crippen LogP contribution is -2.45. The molecule has 0 heterocycles. The van der Waals surface area contributed by atoms with Crippen LogP contribution in [-0.4, -0.2) is 47.4 Å². The number of carbonyl (C=O) groups excluding carboxylic acids is 2. The maximum Gasteiger partial charge on any atom is 0.305 e. The van der Waals surface area contributed by atoms with E-state index in [0.717, 1.165) is 44.9 Å². The van der Waals surface area contributed by atoms with Crippen LogP contribution in [0, 0.1) is 0 Å². The Labute approximate surface area is 488 Å². The molecule has 0 radical (unpaired) electrons. The molecule has 6 heteroatoms. The molecule has 0 rings (SSSR count). The van der Waals surface area contributed by atoms with Gasteiger partial charge >= 0.3 is 5.97 Å². The molecular weight excluding hydrogens is 959 g/mol. The third-order valence-electron chi connectivity index (χ3n) is 16.8. The summed E-state index contributed by atoms with van der Waals surface area (Å²) in [5.41, 5.74) is 0. The summed E-state index contributed by atoms with van der Waals surface area (Å²) in [6.07, 6.45) is 85.2. The molecule has 0 saturated heterocycles. The summed E-state index contributed by atoms with van der Waals surface area (Å²) in [7, 11) is 0. The first-order valence-electron chi connectivity index (χ1n) is 35.6. The van der Waals surface area contributed by atoms with Gasteiger partial charge in [-0.1, -0.05) is 353 Å². The van der Waals surface area contributed by atoms with Crippen molar-refractivity contribution in [2.45, 2.75) is 411 Å². The van der Waals surface area contributed by atoms with Crippen molar-refractivity contribution in [2.24, 2.45) is 0 Å². The Morgan fingerprint density at radius 3 is 0.974 bits per heavy atom. The van der Waals surface area contributed by atoms with Gasteiger partial charge in [0.15, 0.2) is 0 Å². The van der Waals surface area contributed by atoms with Crippen molar-refractivity contribution in [2.75, 3.05) is 13.2 Å². The highest BCUT2D eigenvalue weighted by Gasteiger charge is 2.20.